The Bertz CT molecular complexity index is 579. The van der Waals surface area contributed by atoms with Crippen LogP contribution in [0.15, 0.2) is 24.4 Å². The summed E-state index contributed by atoms with van der Waals surface area (Å²) in [7, 11) is 0. The van der Waals surface area contributed by atoms with Gasteiger partial charge in [0.2, 0.25) is 0 Å². The molecule has 2 N–H and O–H groups in total. The van der Waals surface area contributed by atoms with Crippen LogP contribution in [-0.4, -0.2) is 9.78 Å². The molecule has 2 rings (SSSR count). The van der Waals surface area contributed by atoms with Crippen LogP contribution in [-0.2, 0) is 5.54 Å². The van der Waals surface area contributed by atoms with Gasteiger partial charge in [0.15, 0.2) is 0 Å². The van der Waals surface area contributed by atoms with E-state index in [0.29, 0.717) is 0 Å². The standard InChI is InChI=1S/C14H18ClN3/c1-9-5-6-11(7-13(9)15)18-10(2)12(8-17-18)14(3,4)16/h5-8H,16H2,1-4H3. The molecule has 0 aliphatic heterocycles. The van der Waals surface area contributed by atoms with Crippen molar-refractivity contribution in [2.75, 3.05) is 0 Å². The van der Waals surface area contributed by atoms with Gasteiger partial charge in [-0.05, 0) is 45.4 Å². The van der Waals surface area contributed by atoms with E-state index in [9.17, 15) is 0 Å². The van der Waals surface area contributed by atoms with Crippen molar-refractivity contribution < 1.29 is 0 Å². The van der Waals surface area contributed by atoms with Crippen LogP contribution in [0, 0.1) is 13.8 Å². The summed E-state index contributed by atoms with van der Waals surface area (Å²) in [6.07, 6.45) is 1.82. The third-order valence-corrected chi connectivity index (χ3v) is 3.51. The van der Waals surface area contributed by atoms with Gasteiger partial charge in [-0.3, -0.25) is 0 Å². The van der Waals surface area contributed by atoms with Crippen LogP contribution >= 0.6 is 11.6 Å². The molecule has 0 saturated heterocycles. The maximum atomic E-state index is 6.15. The summed E-state index contributed by atoms with van der Waals surface area (Å²) in [5.41, 5.74) is 9.83. The first-order valence-electron chi connectivity index (χ1n) is 5.91. The minimum Gasteiger partial charge on any atom is -0.322 e. The summed E-state index contributed by atoms with van der Waals surface area (Å²) in [4.78, 5) is 0. The third kappa shape index (κ3) is 2.28. The first kappa shape index (κ1) is 13.1. The summed E-state index contributed by atoms with van der Waals surface area (Å²) in [5.74, 6) is 0. The lowest BCUT2D eigenvalue weighted by atomic mass is 9.97. The van der Waals surface area contributed by atoms with Gasteiger partial charge in [0.25, 0.3) is 0 Å². The van der Waals surface area contributed by atoms with Crippen LogP contribution in [0.2, 0.25) is 5.02 Å². The molecule has 0 bridgehead atoms. The van der Waals surface area contributed by atoms with Gasteiger partial charge in [-0.2, -0.15) is 5.10 Å². The van der Waals surface area contributed by atoms with Crippen molar-refractivity contribution in [1.29, 1.82) is 0 Å². The predicted molar refractivity (Wildman–Crippen MR) is 75.3 cm³/mol. The molecule has 18 heavy (non-hydrogen) atoms. The van der Waals surface area contributed by atoms with Crippen LogP contribution in [0.25, 0.3) is 5.69 Å². The Morgan fingerprint density at radius 2 is 1.94 bits per heavy atom. The summed E-state index contributed by atoms with van der Waals surface area (Å²) < 4.78 is 1.87. The topological polar surface area (TPSA) is 43.8 Å². The quantitative estimate of drug-likeness (QED) is 0.903. The van der Waals surface area contributed by atoms with E-state index in [0.717, 1.165) is 27.5 Å². The van der Waals surface area contributed by atoms with E-state index in [2.05, 4.69) is 5.10 Å². The van der Waals surface area contributed by atoms with E-state index in [1.54, 1.807) is 0 Å². The molecule has 0 radical (unpaired) electrons. The van der Waals surface area contributed by atoms with Gasteiger partial charge < -0.3 is 5.73 Å². The molecule has 0 atom stereocenters. The van der Waals surface area contributed by atoms with Gasteiger partial charge in [-0.25, -0.2) is 4.68 Å². The number of aryl methyl sites for hydroxylation is 1. The highest BCUT2D eigenvalue weighted by molar-refractivity contribution is 6.31. The second-order valence-corrected chi connectivity index (χ2v) is 5.62. The number of nitrogens with zero attached hydrogens (tertiary/aromatic N) is 2. The normalized spacial score (nSPS) is 11.9. The molecule has 4 heteroatoms. The molecule has 0 amide bonds. The zero-order valence-corrected chi connectivity index (χ0v) is 11.9. The van der Waals surface area contributed by atoms with Crippen LogP contribution in [0.1, 0.15) is 30.7 Å². The molecule has 0 aliphatic rings. The third-order valence-electron chi connectivity index (χ3n) is 3.10. The summed E-state index contributed by atoms with van der Waals surface area (Å²) >= 11 is 6.15. The van der Waals surface area contributed by atoms with Crippen LogP contribution in [0.3, 0.4) is 0 Å². The fraction of sp³-hybridized carbons (Fsp3) is 0.357. The van der Waals surface area contributed by atoms with Crippen molar-refractivity contribution in [3.8, 4) is 5.69 Å². The van der Waals surface area contributed by atoms with Crippen molar-refractivity contribution in [3.05, 3.63) is 46.2 Å². The number of halogens is 1. The first-order chi connectivity index (χ1) is 8.30. The Balaban J connectivity index is 2.52. The zero-order chi connectivity index (χ0) is 13.5. The molecule has 1 aromatic carbocycles. The predicted octanol–water partition coefficient (Wildman–Crippen LogP) is 3.34. The molecular weight excluding hydrogens is 246 g/mol. The second kappa shape index (κ2) is 4.41. The Hall–Kier alpha value is -1.32. The molecule has 0 unspecified atom stereocenters. The van der Waals surface area contributed by atoms with Crippen LogP contribution in [0.4, 0.5) is 0 Å². The fourth-order valence-electron chi connectivity index (χ4n) is 2.02. The van der Waals surface area contributed by atoms with Crippen molar-refractivity contribution in [1.82, 2.24) is 9.78 Å². The van der Waals surface area contributed by atoms with E-state index in [4.69, 9.17) is 17.3 Å². The Morgan fingerprint density at radius 1 is 1.28 bits per heavy atom. The van der Waals surface area contributed by atoms with Crippen LogP contribution < -0.4 is 5.73 Å². The monoisotopic (exact) mass is 263 g/mol. The van der Waals surface area contributed by atoms with E-state index < -0.39 is 5.54 Å². The van der Waals surface area contributed by atoms with Crippen molar-refractivity contribution in [3.63, 3.8) is 0 Å². The second-order valence-electron chi connectivity index (χ2n) is 5.21. The number of hydrogen-bond acceptors (Lipinski definition) is 2. The van der Waals surface area contributed by atoms with Crippen molar-refractivity contribution in [2.45, 2.75) is 33.2 Å². The average Bonchev–Trinajstić information content (AvgIpc) is 2.64. The van der Waals surface area contributed by atoms with Gasteiger partial charge in [-0.15, -0.1) is 0 Å². The SMILES string of the molecule is Cc1ccc(-n2ncc(C(C)(C)N)c2C)cc1Cl. The Kier molecular flexibility index (Phi) is 3.21. The number of rotatable bonds is 2. The average molecular weight is 264 g/mol. The van der Waals surface area contributed by atoms with Gasteiger partial charge in [-0.1, -0.05) is 17.7 Å². The van der Waals surface area contributed by atoms with E-state index in [1.807, 2.05) is 56.8 Å². The lowest BCUT2D eigenvalue weighted by Crippen LogP contribution is -2.29. The number of hydrogen-bond donors (Lipinski definition) is 1. The van der Waals surface area contributed by atoms with Gasteiger partial charge in [0.1, 0.15) is 0 Å². The number of benzene rings is 1. The summed E-state index contributed by atoms with van der Waals surface area (Å²) in [6, 6.07) is 5.92. The zero-order valence-electron chi connectivity index (χ0n) is 11.2. The van der Waals surface area contributed by atoms with Crippen molar-refractivity contribution >= 4 is 11.6 Å². The highest BCUT2D eigenvalue weighted by Gasteiger charge is 2.20. The van der Waals surface area contributed by atoms with Gasteiger partial charge in [0.05, 0.1) is 11.9 Å². The lowest BCUT2D eigenvalue weighted by Gasteiger charge is -2.18. The summed E-state index contributed by atoms with van der Waals surface area (Å²) in [6.45, 7) is 7.95. The maximum Gasteiger partial charge on any atom is 0.0663 e. The highest BCUT2D eigenvalue weighted by atomic mass is 35.5. The Morgan fingerprint density at radius 3 is 2.44 bits per heavy atom. The van der Waals surface area contributed by atoms with E-state index in [-0.39, 0.29) is 0 Å². The van der Waals surface area contributed by atoms with Gasteiger partial charge in [0, 0.05) is 21.8 Å². The number of nitrogens with two attached hydrogens (primary N) is 1. The molecule has 0 aliphatic carbocycles. The fourth-order valence-corrected chi connectivity index (χ4v) is 2.19. The van der Waals surface area contributed by atoms with Crippen molar-refractivity contribution in [2.24, 2.45) is 5.73 Å². The molecule has 2 aromatic rings. The van der Waals surface area contributed by atoms with Crippen LogP contribution in [0.5, 0.6) is 0 Å². The smallest absolute Gasteiger partial charge is 0.0663 e. The first-order valence-corrected chi connectivity index (χ1v) is 6.29. The molecule has 0 saturated carbocycles. The lowest BCUT2D eigenvalue weighted by molar-refractivity contribution is 0.550. The summed E-state index contributed by atoms with van der Waals surface area (Å²) in [5, 5.41) is 5.15. The molecular formula is C14H18ClN3. The minimum atomic E-state index is -0.392. The molecule has 3 nitrogen and oxygen atoms in total. The molecule has 0 fully saturated rings. The largest absolute Gasteiger partial charge is 0.322 e. The Labute approximate surface area is 113 Å². The molecule has 96 valence electrons. The van der Waals surface area contributed by atoms with Gasteiger partial charge >= 0.3 is 0 Å². The molecule has 1 heterocycles. The highest BCUT2D eigenvalue weighted by Crippen LogP contribution is 2.25. The van der Waals surface area contributed by atoms with E-state index in [1.165, 1.54) is 0 Å². The molecule has 1 aromatic heterocycles. The molecule has 0 spiro atoms. The maximum absolute atomic E-state index is 6.15. The number of aromatic nitrogens is 2. The minimum absolute atomic E-state index is 0.392. The van der Waals surface area contributed by atoms with E-state index >= 15 is 0 Å².